The molecule has 4 aromatic rings. The van der Waals surface area contributed by atoms with Crippen LogP contribution in [0.15, 0.2) is 54.9 Å². The zero-order chi connectivity index (χ0) is 19.9. The predicted octanol–water partition coefficient (Wildman–Crippen LogP) is 5.22. The molecule has 3 heterocycles. The van der Waals surface area contributed by atoms with Crippen LogP contribution >= 0.6 is 11.3 Å². The minimum atomic E-state index is 0.626. The second kappa shape index (κ2) is 9.39. The van der Waals surface area contributed by atoms with Crippen LogP contribution in [0.1, 0.15) is 18.7 Å². The fourth-order valence-corrected chi connectivity index (χ4v) is 3.95. The minimum Gasteiger partial charge on any atom is -0.397 e. The fraction of sp³-hybridized carbons (Fsp3) is 0.227. The molecule has 4 rings (SSSR count). The molecule has 3 aromatic heterocycles. The number of ether oxygens (including phenoxy) is 1. The Labute approximate surface area is 169 Å². The third-order valence-electron chi connectivity index (χ3n) is 4.17. The van der Waals surface area contributed by atoms with Crippen molar-refractivity contribution >= 4 is 27.2 Å². The molecule has 0 saturated carbocycles. The Kier molecular flexibility index (Phi) is 6.68. The summed E-state index contributed by atoms with van der Waals surface area (Å²) < 4.78 is 5.21. The number of pyridine rings is 1. The molecule has 0 radical (unpaired) electrons. The van der Waals surface area contributed by atoms with Gasteiger partial charge in [0.15, 0.2) is 5.82 Å². The third kappa shape index (κ3) is 4.03. The highest BCUT2D eigenvalue weighted by atomic mass is 32.1. The normalized spacial score (nSPS) is 10.5. The van der Waals surface area contributed by atoms with Gasteiger partial charge in [0.25, 0.3) is 0 Å². The van der Waals surface area contributed by atoms with Crippen molar-refractivity contribution in [2.45, 2.75) is 20.3 Å². The highest BCUT2D eigenvalue weighted by Crippen LogP contribution is 2.39. The first-order valence-electron chi connectivity index (χ1n) is 9.31. The molecule has 0 amide bonds. The molecule has 6 heteroatoms. The second-order valence-corrected chi connectivity index (χ2v) is 6.95. The van der Waals surface area contributed by atoms with Crippen LogP contribution in [0.3, 0.4) is 0 Å². The molecule has 1 aromatic carbocycles. The van der Waals surface area contributed by atoms with Gasteiger partial charge >= 0.3 is 0 Å². The van der Waals surface area contributed by atoms with Crippen molar-refractivity contribution in [2.75, 3.05) is 19.5 Å². The highest BCUT2D eigenvalue weighted by molar-refractivity contribution is 7.19. The lowest BCUT2D eigenvalue weighted by molar-refractivity contribution is 0.203. The standard InChI is InChI=1S/C20H18N4OS.C2H6/c1-25-11-9-15-17(21)16-18(13-6-3-2-4-7-13)23-19(24-20(16)26-15)14-8-5-10-22-12-14;1-2/h2-8,10,12H,9,11,21H2,1H3;1-2H3. The lowest BCUT2D eigenvalue weighted by Crippen LogP contribution is -1.97. The zero-order valence-electron chi connectivity index (χ0n) is 16.3. The van der Waals surface area contributed by atoms with Gasteiger partial charge in [-0.2, -0.15) is 0 Å². The van der Waals surface area contributed by atoms with Crippen molar-refractivity contribution in [2.24, 2.45) is 0 Å². The number of nitrogen functional groups attached to an aromatic ring is 1. The van der Waals surface area contributed by atoms with E-state index >= 15 is 0 Å². The van der Waals surface area contributed by atoms with E-state index < -0.39 is 0 Å². The van der Waals surface area contributed by atoms with E-state index in [-0.39, 0.29) is 0 Å². The van der Waals surface area contributed by atoms with Crippen molar-refractivity contribution in [1.29, 1.82) is 0 Å². The number of thiophene rings is 1. The number of hydrogen-bond acceptors (Lipinski definition) is 6. The van der Waals surface area contributed by atoms with Crippen LogP contribution in [0, 0.1) is 0 Å². The van der Waals surface area contributed by atoms with E-state index in [0.717, 1.165) is 44.0 Å². The zero-order valence-corrected chi connectivity index (χ0v) is 17.2. The van der Waals surface area contributed by atoms with Gasteiger partial charge in [-0.05, 0) is 12.1 Å². The van der Waals surface area contributed by atoms with Crippen LogP contribution in [-0.2, 0) is 11.2 Å². The Hall–Kier alpha value is -2.83. The van der Waals surface area contributed by atoms with Gasteiger partial charge in [0, 0.05) is 41.9 Å². The van der Waals surface area contributed by atoms with Gasteiger partial charge in [0.1, 0.15) is 4.83 Å². The molecular formula is C22H24N4OS. The Morgan fingerprint density at radius 2 is 1.75 bits per heavy atom. The van der Waals surface area contributed by atoms with Crippen LogP contribution in [-0.4, -0.2) is 28.7 Å². The van der Waals surface area contributed by atoms with Crippen LogP contribution in [0.2, 0.25) is 0 Å². The maximum atomic E-state index is 6.47. The van der Waals surface area contributed by atoms with E-state index in [1.165, 1.54) is 0 Å². The number of rotatable bonds is 5. The van der Waals surface area contributed by atoms with Crippen molar-refractivity contribution in [3.63, 3.8) is 0 Å². The summed E-state index contributed by atoms with van der Waals surface area (Å²) in [6, 6.07) is 13.9. The minimum absolute atomic E-state index is 0.626. The predicted molar refractivity (Wildman–Crippen MR) is 117 cm³/mol. The summed E-state index contributed by atoms with van der Waals surface area (Å²) in [5, 5.41) is 0.917. The van der Waals surface area contributed by atoms with Gasteiger partial charge in [0.2, 0.25) is 0 Å². The summed E-state index contributed by atoms with van der Waals surface area (Å²) in [4.78, 5) is 15.8. The highest BCUT2D eigenvalue weighted by Gasteiger charge is 2.18. The van der Waals surface area contributed by atoms with Gasteiger partial charge in [-0.1, -0.05) is 44.2 Å². The van der Waals surface area contributed by atoms with Crippen LogP contribution in [0.5, 0.6) is 0 Å². The molecular weight excluding hydrogens is 368 g/mol. The maximum Gasteiger partial charge on any atom is 0.162 e. The molecule has 0 aliphatic heterocycles. The maximum absolute atomic E-state index is 6.47. The van der Waals surface area contributed by atoms with E-state index in [4.69, 9.17) is 20.4 Å². The molecule has 0 unspecified atom stereocenters. The fourth-order valence-electron chi connectivity index (χ4n) is 2.88. The Balaban J connectivity index is 0.00000109. The van der Waals surface area contributed by atoms with Crippen molar-refractivity contribution in [3.05, 3.63) is 59.7 Å². The van der Waals surface area contributed by atoms with Gasteiger partial charge in [-0.25, -0.2) is 9.97 Å². The van der Waals surface area contributed by atoms with E-state index in [2.05, 4.69) is 4.98 Å². The molecule has 5 nitrogen and oxygen atoms in total. The summed E-state index contributed by atoms with van der Waals surface area (Å²) >= 11 is 1.60. The molecule has 2 N–H and O–H groups in total. The lowest BCUT2D eigenvalue weighted by atomic mass is 10.1. The molecule has 0 spiro atoms. The average Bonchev–Trinajstić information content (AvgIpc) is 3.09. The monoisotopic (exact) mass is 392 g/mol. The third-order valence-corrected chi connectivity index (χ3v) is 5.32. The SMILES string of the molecule is CC.COCCc1sc2nc(-c3cccnc3)nc(-c3ccccc3)c2c1N. The van der Waals surface area contributed by atoms with E-state index in [1.807, 2.05) is 56.3 Å². The second-order valence-electron chi connectivity index (χ2n) is 5.87. The van der Waals surface area contributed by atoms with E-state index in [0.29, 0.717) is 12.4 Å². The first kappa shape index (κ1) is 19.9. The van der Waals surface area contributed by atoms with Gasteiger partial charge in [0.05, 0.1) is 23.4 Å². The molecule has 0 atom stereocenters. The molecule has 144 valence electrons. The molecule has 0 fully saturated rings. The molecule has 0 saturated heterocycles. The summed E-state index contributed by atoms with van der Waals surface area (Å²) in [6.45, 7) is 4.63. The quantitative estimate of drug-likeness (QED) is 0.504. The van der Waals surface area contributed by atoms with Crippen LogP contribution < -0.4 is 5.73 Å². The van der Waals surface area contributed by atoms with Crippen LogP contribution in [0.25, 0.3) is 32.9 Å². The number of aromatic nitrogens is 3. The smallest absolute Gasteiger partial charge is 0.162 e. The van der Waals surface area contributed by atoms with Crippen molar-refractivity contribution in [3.8, 4) is 22.6 Å². The largest absolute Gasteiger partial charge is 0.397 e. The van der Waals surface area contributed by atoms with E-state index in [1.54, 1.807) is 30.8 Å². The molecule has 0 aliphatic carbocycles. The Morgan fingerprint density at radius 1 is 1.00 bits per heavy atom. The van der Waals surface area contributed by atoms with Crippen molar-refractivity contribution in [1.82, 2.24) is 15.0 Å². The number of methoxy groups -OCH3 is 1. The number of anilines is 1. The number of benzene rings is 1. The first-order chi connectivity index (χ1) is 13.8. The van der Waals surface area contributed by atoms with Gasteiger partial charge < -0.3 is 10.5 Å². The number of nitrogens with two attached hydrogens (primary N) is 1. The molecule has 28 heavy (non-hydrogen) atoms. The number of hydrogen-bond donors (Lipinski definition) is 1. The van der Waals surface area contributed by atoms with Crippen LogP contribution in [0.4, 0.5) is 5.69 Å². The van der Waals surface area contributed by atoms with Gasteiger partial charge in [-0.15, -0.1) is 11.3 Å². The summed E-state index contributed by atoms with van der Waals surface area (Å²) in [5.74, 6) is 0.656. The lowest BCUT2D eigenvalue weighted by Gasteiger charge is -2.07. The Bertz CT molecular complexity index is 1030. The first-order valence-corrected chi connectivity index (χ1v) is 10.1. The van der Waals surface area contributed by atoms with E-state index in [9.17, 15) is 0 Å². The summed E-state index contributed by atoms with van der Waals surface area (Å²) in [5.41, 5.74) is 9.98. The molecule has 0 bridgehead atoms. The number of nitrogens with zero attached hydrogens (tertiary/aromatic N) is 3. The van der Waals surface area contributed by atoms with Gasteiger partial charge in [-0.3, -0.25) is 4.98 Å². The van der Waals surface area contributed by atoms with Crippen molar-refractivity contribution < 1.29 is 4.74 Å². The molecule has 0 aliphatic rings. The summed E-state index contributed by atoms with van der Waals surface area (Å²) in [7, 11) is 1.69. The Morgan fingerprint density at radius 3 is 2.43 bits per heavy atom. The average molecular weight is 393 g/mol. The topological polar surface area (TPSA) is 73.9 Å². The number of fused-ring (bicyclic) bond motifs is 1. The summed E-state index contributed by atoms with van der Waals surface area (Å²) in [6.07, 6.45) is 4.28.